The van der Waals surface area contributed by atoms with E-state index in [-0.39, 0.29) is 44.8 Å². The van der Waals surface area contributed by atoms with E-state index in [2.05, 4.69) is 201 Å². The van der Waals surface area contributed by atoms with Crippen LogP contribution >= 0.6 is 15.8 Å². The monoisotopic (exact) mass is 1570 g/mol. The van der Waals surface area contributed by atoms with Crippen molar-refractivity contribution in [3.05, 3.63) is 226 Å². The smallest absolute Gasteiger partial charge is 0.421 e. The summed E-state index contributed by atoms with van der Waals surface area (Å²) in [5.41, 5.74) is -23.5. The Kier molecular flexibility index (Phi) is 28.4. The van der Waals surface area contributed by atoms with Crippen molar-refractivity contribution in [3.8, 4) is 0 Å². The minimum atomic E-state index is -6.72. The first-order valence-electron chi connectivity index (χ1n) is 20.4. The van der Waals surface area contributed by atoms with Crippen molar-refractivity contribution in [1.29, 1.82) is 0 Å². The van der Waals surface area contributed by atoms with Crippen LogP contribution < -0.4 is 31.8 Å². The molecule has 0 N–H and O–H groups in total. The van der Waals surface area contributed by atoms with Gasteiger partial charge in [-0.3, -0.25) is 0 Å². The maximum absolute atomic E-state index is 11.4. The normalized spacial score (nSPS) is 12.0. The van der Waals surface area contributed by atoms with Crippen LogP contribution in [0.3, 0.4) is 0 Å². The number of hydrogen-bond donors (Lipinski definition) is 0. The second-order valence-electron chi connectivity index (χ2n) is 14.2. The van der Waals surface area contributed by atoms with Gasteiger partial charge in [0.15, 0.2) is 40.1 Å². The molecule has 0 heterocycles. The van der Waals surface area contributed by atoms with E-state index < -0.39 is 78.0 Å². The van der Waals surface area contributed by atoms with Crippen LogP contribution in [0.4, 0.5) is 52.7 Å². The molecule has 0 saturated carbocycles. The van der Waals surface area contributed by atoms with E-state index in [0.29, 0.717) is 0 Å². The van der Waals surface area contributed by atoms with Crippen molar-refractivity contribution in [2.75, 3.05) is 0 Å². The Hall–Kier alpha value is -4.24. The molecular weight excluding hydrogens is 1530 g/mol. The molecular formula is C47H38Au2F12N2O8P2S4. The fraction of sp³-hybridized carbons (Fsp3) is 0.106. The number of rotatable bonds is 10. The molecule has 0 aliphatic heterocycles. The molecule has 0 amide bonds. The van der Waals surface area contributed by atoms with Crippen LogP contribution in [0.2, 0.25) is 0 Å². The molecule has 0 saturated heterocycles. The van der Waals surface area contributed by atoms with Gasteiger partial charge >= 0.3 is 66.8 Å². The standard InChI is InChI=1S/2C18H15P.C7H8.2C2F6NO4S2.2Au/c2*1-4-10-16(11-5-1)19(17-12-6-2-7-13-17)18-14-8-3-9-15-18;1-7-5-3-2-4-6-7;2*3-1(4,5)14(10,11)9-15(12,13)2(6,7)8;;/h2*1-15H;2-6H,1H3;;;;/q;;;2*-1;2*+1. The van der Waals surface area contributed by atoms with Crippen molar-refractivity contribution >= 4 is 87.8 Å². The summed E-state index contributed by atoms with van der Waals surface area (Å²) in [7, 11) is -27.8. The number of sulfonamides is 4. The summed E-state index contributed by atoms with van der Waals surface area (Å²) in [5.74, 6) is 0. The SMILES string of the molecule is Cc1ccccc1.O=S(=O)([N-]S(=O)(=O)C(F)(F)F)C(F)(F)F.O=S(=O)([N-]S(=O)(=O)C(F)(F)F)C(F)(F)F.[Au+].[Au+].c1ccc(P(c2ccccc2)c2ccccc2)cc1.c1ccc(P(c2ccccc2)c2ccccc2)cc1. The molecule has 30 heteroatoms. The zero-order chi connectivity index (χ0) is 56.4. The summed E-state index contributed by atoms with van der Waals surface area (Å²) in [6.07, 6.45) is 0. The van der Waals surface area contributed by atoms with E-state index >= 15 is 0 Å². The van der Waals surface area contributed by atoms with Crippen LogP contribution in [0.1, 0.15) is 5.56 Å². The van der Waals surface area contributed by atoms with E-state index in [9.17, 15) is 86.4 Å². The summed E-state index contributed by atoms with van der Waals surface area (Å²) < 4.78 is 218. The van der Waals surface area contributed by atoms with Crippen molar-refractivity contribution in [1.82, 2.24) is 0 Å². The maximum atomic E-state index is 11.4. The first-order chi connectivity index (χ1) is 34.7. The summed E-state index contributed by atoms with van der Waals surface area (Å²) in [6, 6.07) is 74.9. The molecule has 0 atom stereocenters. The molecule has 0 aliphatic carbocycles. The average molecular weight is 1570 g/mol. The number of benzene rings is 7. The molecule has 7 aromatic rings. The molecule has 7 rings (SSSR count). The first-order valence-corrected chi connectivity index (χ1v) is 28.8. The van der Waals surface area contributed by atoms with Gasteiger partial charge in [0.05, 0.1) is 0 Å². The summed E-state index contributed by atoms with van der Waals surface area (Å²) in [4.78, 5) is 0. The van der Waals surface area contributed by atoms with Crippen LogP contribution in [0.25, 0.3) is 8.25 Å². The second-order valence-corrected chi connectivity index (χ2v) is 25.5. The number of halogens is 12. The Morgan fingerprint density at radius 1 is 0.273 bits per heavy atom. The van der Waals surface area contributed by atoms with Gasteiger partial charge in [0.2, 0.25) is 0 Å². The van der Waals surface area contributed by atoms with Gasteiger partial charge in [0, 0.05) is 0 Å². The predicted molar refractivity (Wildman–Crippen MR) is 268 cm³/mol. The van der Waals surface area contributed by atoms with Crippen molar-refractivity contribution < 1.29 is 131 Å². The zero-order valence-corrected chi connectivity index (χ0v) is 47.9. The van der Waals surface area contributed by atoms with E-state index in [0.717, 1.165) is 8.25 Å². The predicted octanol–water partition coefficient (Wildman–Crippen LogP) is 11.0. The molecule has 0 bridgehead atoms. The fourth-order valence-electron chi connectivity index (χ4n) is 5.32. The van der Waals surface area contributed by atoms with Crippen molar-refractivity contribution in [2.45, 2.75) is 29.0 Å². The Morgan fingerprint density at radius 3 is 0.506 bits per heavy atom. The number of hydrogen-bond acceptors (Lipinski definition) is 8. The van der Waals surface area contributed by atoms with Crippen LogP contribution in [-0.4, -0.2) is 55.7 Å². The van der Waals surface area contributed by atoms with Crippen molar-refractivity contribution in [2.24, 2.45) is 0 Å². The van der Waals surface area contributed by atoms with Crippen molar-refractivity contribution in [3.63, 3.8) is 0 Å². The van der Waals surface area contributed by atoms with Gasteiger partial charge < -0.3 is 8.25 Å². The maximum Gasteiger partial charge on any atom is 1.00 e. The third-order valence-corrected chi connectivity index (χ3v) is 19.0. The molecule has 0 unspecified atom stereocenters. The van der Waals surface area contributed by atoms with Gasteiger partial charge in [-0.1, -0.05) is 218 Å². The van der Waals surface area contributed by atoms with Gasteiger partial charge in [0.1, 0.15) is 0 Å². The number of nitrogens with zero attached hydrogens (tertiary/aromatic N) is 2. The summed E-state index contributed by atoms with van der Waals surface area (Å²) in [5, 5.41) is 8.39. The van der Waals surface area contributed by atoms with Crippen LogP contribution in [0.15, 0.2) is 212 Å². The molecule has 77 heavy (non-hydrogen) atoms. The Labute approximate surface area is 470 Å². The van der Waals surface area contributed by atoms with Crippen LogP contribution in [0.5, 0.6) is 0 Å². The third kappa shape index (κ3) is 22.8. The number of aryl methyl sites for hydroxylation is 1. The summed E-state index contributed by atoms with van der Waals surface area (Å²) in [6.45, 7) is 2.08. The van der Waals surface area contributed by atoms with Crippen LogP contribution in [-0.2, 0) is 84.9 Å². The minimum absolute atomic E-state index is 0. The van der Waals surface area contributed by atoms with E-state index in [1.165, 1.54) is 37.4 Å². The molecule has 0 spiro atoms. The van der Waals surface area contributed by atoms with E-state index in [1.807, 2.05) is 18.2 Å². The molecule has 0 aliphatic rings. The topological polar surface area (TPSA) is 165 Å². The van der Waals surface area contributed by atoms with Gasteiger partial charge in [-0.25, -0.2) is 33.7 Å². The average Bonchev–Trinajstić information content (AvgIpc) is 3.33. The molecule has 10 nitrogen and oxygen atoms in total. The van der Waals surface area contributed by atoms with E-state index in [1.54, 1.807) is 0 Å². The quantitative estimate of drug-likeness (QED) is 0.0742. The second kappa shape index (κ2) is 30.9. The molecule has 0 radical (unpaired) electrons. The van der Waals surface area contributed by atoms with Gasteiger partial charge in [-0.2, -0.15) is 52.7 Å². The van der Waals surface area contributed by atoms with Gasteiger partial charge in [-0.05, 0) is 54.6 Å². The van der Waals surface area contributed by atoms with Crippen LogP contribution in [0, 0.1) is 6.92 Å². The Bertz CT molecular complexity index is 2810. The van der Waals surface area contributed by atoms with Gasteiger partial charge in [-0.15, -0.1) is 0 Å². The largest absolute Gasteiger partial charge is 1.00 e. The van der Waals surface area contributed by atoms with Gasteiger partial charge in [0.25, 0.3) is 0 Å². The molecule has 424 valence electrons. The Morgan fingerprint density at radius 2 is 0.403 bits per heavy atom. The van der Waals surface area contributed by atoms with E-state index in [4.69, 9.17) is 0 Å². The molecule has 0 aromatic heterocycles. The molecule has 7 aromatic carbocycles. The minimum Gasteiger partial charge on any atom is -0.421 e. The first kappa shape index (κ1) is 70.8. The zero-order valence-electron chi connectivity index (χ0n) is 38.5. The summed E-state index contributed by atoms with van der Waals surface area (Å²) >= 11 is 0. The molecule has 0 fully saturated rings. The Balaban J connectivity index is 0.000000491. The third-order valence-electron chi connectivity index (χ3n) is 8.59. The number of alkyl halides is 12. The fourth-order valence-corrected chi connectivity index (χ4v) is 13.3.